The third-order valence-electron chi connectivity index (χ3n) is 5.29. The molecule has 2 amide bonds. The number of piperidine rings is 1. The third-order valence-corrected chi connectivity index (χ3v) is 5.29. The Balaban J connectivity index is 1.36. The van der Waals surface area contributed by atoms with Gasteiger partial charge in [0.1, 0.15) is 5.69 Å². The normalized spacial score (nSPS) is 16.6. The molecule has 3 heterocycles. The van der Waals surface area contributed by atoms with E-state index in [1.54, 1.807) is 18.6 Å². The zero-order valence-electron chi connectivity index (χ0n) is 16.6. The van der Waals surface area contributed by atoms with E-state index in [0.29, 0.717) is 30.4 Å². The van der Waals surface area contributed by atoms with Gasteiger partial charge in [-0.3, -0.25) is 4.98 Å². The predicted molar refractivity (Wildman–Crippen MR) is 108 cm³/mol. The molecule has 2 aromatic heterocycles. The molecule has 150 valence electrons. The molecule has 1 aliphatic rings. The van der Waals surface area contributed by atoms with Crippen molar-refractivity contribution in [2.45, 2.75) is 33.1 Å². The van der Waals surface area contributed by atoms with Crippen molar-refractivity contribution in [2.24, 2.45) is 5.92 Å². The highest BCUT2D eigenvalue weighted by Crippen LogP contribution is 2.23. The fraction of sp³-hybridized carbons (Fsp3) is 0.381. The molecule has 3 aromatic rings. The van der Waals surface area contributed by atoms with E-state index in [-0.39, 0.29) is 11.9 Å². The summed E-state index contributed by atoms with van der Waals surface area (Å²) in [5.41, 5.74) is 3.78. The van der Waals surface area contributed by atoms with Gasteiger partial charge >= 0.3 is 6.03 Å². The van der Waals surface area contributed by atoms with Gasteiger partial charge in [-0.05, 0) is 55.9 Å². The van der Waals surface area contributed by atoms with Crippen molar-refractivity contribution in [3.05, 3.63) is 53.8 Å². The van der Waals surface area contributed by atoms with Crippen molar-refractivity contribution in [3.63, 3.8) is 0 Å². The smallest absolute Gasteiger partial charge is 0.321 e. The molecular formula is C21H24N6O2. The summed E-state index contributed by atoms with van der Waals surface area (Å²) in [4.78, 5) is 27.2. The number of aryl methyl sites for hydroxylation is 2. The van der Waals surface area contributed by atoms with Crippen molar-refractivity contribution in [3.8, 4) is 11.5 Å². The summed E-state index contributed by atoms with van der Waals surface area (Å²) in [7, 11) is 0. The fourth-order valence-corrected chi connectivity index (χ4v) is 3.54. The van der Waals surface area contributed by atoms with Crippen LogP contribution < -0.4 is 5.32 Å². The molecule has 1 fully saturated rings. The van der Waals surface area contributed by atoms with Crippen LogP contribution in [0.1, 0.15) is 29.9 Å². The number of aromatic nitrogens is 4. The van der Waals surface area contributed by atoms with E-state index in [2.05, 4.69) is 32.3 Å². The molecule has 1 aliphatic heterocycles. The van der Waals surface area contributed by atoms with Crippen LogP contribution >= 0.6 is 0 Å². The molecule has 0 spiro atoms. The van der Waals surface area contributed by atoms with Gasteiger partial charge in [-0.15, -0.1) is 0 Å². The van der Waals surface area contributed by atoms with Gasteiger partial charge in [-0.2, -0.15) is 4.98 Å². The number of hydrogen-bond acceptors (Lipinski definition) is 6. The first-order valence-electron chi connectivity index (χ1n) is 9.80. The Morgan fingerprint density at radius 1 is 1.28 bits per heavy atom. The molecule has 0 bridgehead atoms. The van der Waals surface area contributed by atoms with E-state index in [1.807, 2.05) is 30.0 Å². The van der Waals surface area contributed by atoms with Crippen LogP contribution in [0.25, 0.3) is 11.5 Å². The maximum absolute atomic E-state index is 12.7. The summed E-state index contributed by atoms with van der Waals surface area (Å²) in [6.07, 6.45) is 7.42. The van der Waals surface area contributed by atoms with Gasteiger partial charge in [0, 0.05) is 37.6 Å². The Labute approximate surface area is 169 Å². The first-order valence-corrected chi connectivity index (χ1v) is 9.80. The second-order valence-electron chi connectivity index (χ2n) is 7.49. The quantitative estimate of drug-likeness (QED) is 0.728. The van der Waals surface area contributed by atoms with E-state index in [0.717, 1.165) is 30.6 Å². The molecule has 29 heavy (non-hydrogen) atoms. The first kappa shape index (κ1) is 19.0. The average molecular weight is 392 g/mol. The highest BCUT2D eigenvalue weighted by atomic mass is 16.5. The van der Waals surface area contributed by atoms with Gasteiger partial charge in [0.2, 0.25) is 11.7 Å². The van der Waals surface area contributed by atoms with Gasteiger partial charge in [-0.1, -0.05) is 11.2 Å². The maximum atomic E-state index is 12.7. The molecule has 1 aromatic carbocycles. The third kappa shape index (κ3) is 4.59. The fourth-order valence-electron chi connectivity index (χ4n) is 3.54. The monoisotopic (exact) mass is 392 g/mol. The van der Waals surface area contributed by atoms with E-state index >= 15 is 0 Å². The maximum Gasteiger partial charge on any atom is 0.321 e. The van der Waals surface area contributed by atoms with Crippen LogP contribution in [-0.2, 0) is 6.42 Å². The number of carbonyl (C=O) groups is 1. The molecule has 8 nitrogen and oxygen atoms in total. The van der Waals surface area contributed by atoms with Crippen LogP contribution in [0.3, 0.4) is 0 Å². The van der Waals surface area contributed by atoms with Gasteiger partial charge in [0.05, 0.1) is 6.20 Å². The highest BCUT2D eigenvalue weighted by molar-refractivity contribution is 5.89. The zero-order valence-corrected chi connectivity index (χ0v) is 16.6. The summed E-state index contributed by atoms with van der Waals surface area (Å²) in [6.45, 7) is 5.52. The summed E-state index contributed by atoms with van der Waals surface area (Å²) in [6, 6.07) is 5.90. The Hall–Kier alpha value is -3.29. The standard InChI is InChI=1S/C21H24N6O2/c1-14-5-6-17(10-15(14)2)24-21(28)27-9-3-4-16(13-27)11-19-25-20(26-29-19)18-12-22-7-8-23-18/h5-8,10,12,16H,3-4,9,11,13H2,1-2H3,(H,24,28). The second kappa shape index (κ2) is 8.38. The lowest BCUT2D eigenvalue weighted by atomic mass is 9.95. The number of carbonyl (C=O) groups excluding carboxylic acids is 1. The Morgan fingerprint density at radius 2 is 2.17 bits per heavy atom. The van der Waals surface area contributed by atoms with Crippen molar-refractivity contribution in [2.75, 3.05) is 18.4 Å². The minimum Gasteiger partial charge on any atom is -0.339 e. The van der Waals surface area contributed by atoms with Crippen molar-refractivity contribution < 1.29 is 9.32 Å². The van der Waals surface area contributed by atoms with Crippen molar-refractivity contribution in [1.29, 1.82) is 0 Å². The predicted octanol–water partition coefficient (Wildman–Crippen LogP) is 3.63. The Morgan fingerprint density at radius 3 is 2.97 bits per heavy atom. The number of hydrogen-bond donors (Lipinski definition) is 1. The van der Waals surface area contributed by atoms with Gasteiger partial charge in [-0.25, -0.2) is 9.78 Å². The highest BCUT2D eigenvalue weighted by Gasteiger charge is 2.26. The van der Waals surface area contributed by atoms with Crippen LogP contribution in [0.4, 0.5) is 10.5 Å². The molecule has 8 heteroatoms. The Kier molecular flexibility index (Phi) is 5.50. The second-order valence-corrected chi connectivity index (χ2v) is 7.49. The first-order chi connectivity index (χ1) is 14.1. The largest absolute Gasteiger partial charge is 0.339 e. The van der Waals surface area contributed by atoms with Crippen LogP contribution in [-0.4, -0.2) is 44.1 Å². The molecule has 1 atom stereocenters. The number of benzene rings is 1. The van der Waals surface area contributed by atoms with Gasteiger partial charge in [0.25, 0.3) is 0 Å². The summed E-state index contributed by atoms with van der Waals surface area (Å²) < 4.78 is 5.39. The minimum absolute atomic E-state index is 0.0660. The number of anilines is 1. The zero-order chi connectivity index (χ0) is 20.2. The van der Waals surface area contributed by atoms with E-state index in [1.165, 1.54) is 5.56 Å². The van der Waals surface area contributed by atoms with Crippen molar-refractivity contribution in [1.82, 2.24) is 25.0 Å². The van der Waals surface area contributed by atoms with Crippen LogP contribution in [0.15, 0.2) is 41.3 Å². The molecule has 0 aliphatic carbocycles. The lowest BCUT2D eigenvalue weighted by Gasteiger charge is -2.32. The van der Waals surface area contributed by atoms with Crippen LogP contribution in [0.5, 0.6) is 0 Å². The number of nitrogens with zero attached hydrogens (tertiary/aromatic N) is 5. The SMILES string of the molecule is Cc1ccc(NC(=O)N2CCCC(Cc3nc(-c4cnccn4)no3)C2)cc1C. The average Bonchev–Trinajstić information content (AvgIpc) is 3.20. The van der Waals surface area contributed by atoms with Gasteiger partial charge < -0.3 is 14.7 Å². The molecule has 4 rings (SSSR count). The van der Waals surface area contributed by atoms with E-state index in [9.17, 15) is 4.79 Å². The van der Waals surface area contributed by atoms with Crippen molar-refractivity contribution >= 4 is 11.7 Å². The molecule has 1 unspecified atom stereocenters. The molecule has 0 radical (unpaired) electrons. The minimum atomic E-state index is -0.0660. The van der Waals surface area contributed by atoms with E-state index < -0.39 is 0 Å². The van der Waals surface area contributed by atoms with Crippen LogP contribution in [0, 0.1) is 19.8 Å². The molecular weight excluding hydrogens is 368 g/mol. The lowest BCUT2D eigenvalue weighted by molar-refractivity contribution is 0.173. The number of likely N-dealkylation sites (tertiary alicyclic amines) is 1. The summed E-state index contributed by atoms with van der Waals surface area (Å²) in [5.74, 6) is 1.28. The topological polar surface area (TPSA) is 97.0 Å². The number of amides is 2. The Bertz CT molecular complexity index is 988. The number of urea groups is 1. The summed E-state index contributed by atoms with van der Waals surface area (Å²) >= 11 is 0. The van der Waals surface area contributed by atoms with Gasteiger partial charge in [0.15, 0.2) is 0 Å². The van der Waals surface area contributed by atoms with E-state index in [4.69, 9.17) is 4.52 Å². The van der Waals surface area contributed by atoms with Crippen LogP contribution in [0.2, 0.25) is 0 Å². The summed E-state index contributed by atoms with van der Waals surface area (Å²) in [5, 5.41) is 7.01. The molecule has 1 saturated heterocycles. The lowest BCUT2D eigenvalue weighted by Crippen LogP contribution is -2.42. The molecule has 1 N–H and O–H groups in total. The number of nitrogens with one attached hydrogen (secondary N) is 1. The molecule has 0 saturated carbocycles. The number of rotatable bonds is 4.